The fraction of sp³-hybridized carbons (Fsp3) is 0.364. The zero-order valence-corrected chi connectivity index (χ0v) is 9.05. The van der Waals surface area contributed by atoms with Crippen molar-refractivity contribution in [2.45, 2.75) is 19.8 Å². The smallest absolute Gasteiger partial charge is 0.227 e. The van der Waals surface area contributed by atoms with Gasteiger partial charge in [-0.2, -0.15) is 0 Å². The first kappa shape index (κ1) is 10.5. The summed E-state index contributed by atoms with van der Waals surface area (Å²) in [5.74, 6) is 0.140. The maximum absolute atomic E-state index is 11.6. The van der Waals surface area contributed by atoms with E-state index in [-0.39, 0.29) is 5.91 Å². The van der Waals surface area contributed by atoms with E-state index >= 15 is 0 Å². The second kappa shape index (κ2) is 4.24. The summed E-state index contributed by atoms with van der Waals surface area (Å²) in [6, 6.07) is 5.38. The second-order valence-electron chi connectivity index (χ2n) is 3.81. The van der Waals surface area contributed by atoms with Gasteiger partial charge in [-0.3, -0.25) is 4.79 Å². The van der Waals surface area contributed by atoms with Gasteiger partial charge in [0.15, 0.2) is 0 Å². The van der Waals surface area contributed by atoms with Crippen LogP contribution in [0.4, 0.5) is 11.4 Å². The molecule has 5 heteroatoms. The van der Waals surface area contributed by atoms with Crippen LogP contribution in [0, 0.1) is 6.92 Å². The number of aryl methyl sites for hydroxylation is 1. The Balaban J connectivity index is 2.42. The topological polar surface area (TPSA) is 69.1 Å². The highest BCUT2D eigenvalue weighted by atomic mass is 16.2. The average Bonchev–Trinajstić information content (AvgIpc) is 2.68. The third kappa shape index (κ3) is 1.85. The van der Waals surface area contributed by atoms with Gasteiger partial charge in [0.25, 0.3) is 0 Å². The normalized spacial score (nSPS) is 15.1. The molecular weight excluding hydrogens is 204 g/mol. The van der Waals surface area contributed by atoms with E-state index in [2.05, 4.69) is 10.0 Å². The van der Waals surface area contributed by atoms with Crippen LogP contribution in [0.15, 0.2) is 23.3 Å². The molecule has 1 heterocycles. The zero-order valence-electron chi connectivity index (χ0n) is 9.05. The maximum atomic E-state index is 11.6. The molecule has 0 atom stereocenters. The molecule has 0 bridgehead atoms. The van der Waals surface area contributed by atoms with Crippen LogP contribution in [0.3, 0.4) is 0 Å². The number of hydrogen-bond acceptors (Lipinski definition) is 2. The highest BCUT2D eigenvalue weighted by molar-refractivity contribution is 5.96. The first-order valence-electron chi connectivity index (χ1n) is 5.18. The minimum absolute atomic E-state index is 0.140. The van der Waals surface area contributed by atoms with Crippen LogP contribution in [0.1, 0.15) is 18.4 Å². The molecule has 0 aromatic heterocycles. The summed E-state index contributed by atoms with van der Waals surface area (Å²) in [4.78, 5) is 16.1. The lowest BCUT2D eigenvalue weighted by molar-refractivity contribution is -0.117. The van der Waals surface area contributed by atoms with Crippen molar-refractivity contribution in [1.82, 2.24) is 0 Å². The van der Waals surface area contributed by atoms with Crippen LogP contribution in [-0.4, -0.2) is 12.5 Å². The van der Waals surface area contributed by atoms with Crippen LogP contribution in [0.2, 0.25) is 0 Å². The molecular formula is C11H12N4O. The third-order valence-electron chi connectivity index (χ3n) is 2.72. The quantitative estimate of drug-likeness (QED) is 0.425. The Morgan fingerprint density at radius 1 is 1.50 bits per heavy atom. The molecule has 0 N–H and O–H groups in total. The Morgan fingerprint density at radius 3 is 2.94 bits per heavy atom. The van der Waals surface area contributed by atoms with E-state index in [1.807, 2.05) is 13.0 Å². The summed E-state index contributed by atoms with van der Waals surface area (Å²) in [5.41, 5.74) is 10.8. The van der Waals surface area contributed by atoms with Gasteiger partial charge < -0.3 is 4.90 Å². The summed E-state index contributed by atoms with van der Waals surface area (Å²) >= 11 is 0. The minimum Gasteiger partial charge on any atom is -0.312 e. The van der Waals surface area contributed by atoms with E-state index in [9.17, 15) is 4.79 Å². The molecule has 1 aliphatic heterocycles. The number of rotatable bonds is 2. The number of amides is 1. The van der Waals surface area contributed by atoms with Crippen LogP contribution in [-0.2, 0) is 4.79 Å². The Bertz CT molecular complexity index is 477. The van der Waals surface area contributed by atoms with Crippen molar-refractivity contribution in [3.63, 3.8) is 0 Å². The van der Waals surface area contributed by atoms with Crippen molar-refractivity contribution >= 4 is 17.3 Å². The standard InChI is InChI=1S/C11H12N4O/c1-8-4-5-9(13-14-12)7-10(8)15-6-2-3-11(15)16/h4-5,7H,2-3,6H2,1H3. The van der Waals surface area contributed by atoms with Crippen molar-refractivity contribution < 1.29 is 4.79 Å². The highest BCUT2D eigenvalue weighted by Gasteiger charge is 2.22. The van der Waals surface area contributed by atoms with Gasteiger partial charge in [0, 0.05) is 29.3 Å². The first-order valence-corrected chi connectivity index (χ1v) is 5.18. The fourth-order valence-electron chi connectivity index (χ4n) is 1.91. The van der Waals surface area contributed by atoms with Gasteiger partial charge >= 0.3 is 0 Å². The zero-order chi connectivity index (χ0) is 11.5. The van der Waals surface area contributed by atoms with Crippen molar-refractivity contribution in [3.8, 4) is 0 Å². The van der Waals surface area contributed by atoms with E-state index in [1.165, 1.54) is 0 Å². The fourth-order valence-corrected chi connectivity index (χ4v) is 1.91. The number of benzene rings is 1. The van der Waals surface area contributed by atoms with Crippen molar-refractivity contribution in [3.05, 3.63) is 34.2 Å². The van der Waals surface area contributed by atoms with E-state index in [1.54, 1.807) is 17.0 Å². The molecule has 0 spiro atoms. The largest absolute Gasteiger partial charge is 0.312 e. The average molecular weight is 216 g/mol. The van der Waals surface area contributed by atoms with Gasteiger partial charge in [-0.15, -0.1) is 0 Å². The number of carbonyl (C=O) groups is 1. The van der Waals surface area contributed by atoms with Gasteiger partial charge in [-0.25, -0.2) is 0 Å². The molecule has 1 saturated heterocycles. The lowest BCUT2D eigenvalue weighted by Gasteiger charge is -2.18. The number of nitrogens with zero attached hydrogens (tertiary/aromatic N) is 4. The van der Waals surface area contributed by atoms with Crippen molar-refractivity contribution in [2.24, 2.45) is 5.11 Å². The molecule has 1 aromatic rings. The Hall–Kier alpha value is -2.00. The Labute approximate surface area is 93.3 Å². The van der Waals surface area contributed by atoms with Crippen LogP contribution < -0.4 is 4.90 Å². The first-order chi connectivity index (χ1) is 7.72. The lowest BCUT2D eigenvalue weighted by atomic mass is 10.1. The van der Waals surface area contributed by atoms with Crippen LogP contribution >= 0.6 is 0 Å². The van der Waals surface area contributed by atoms with Crippen molar-refractivity contribution in [1.29, 1.82) is 0 Å². The predicted octanol–water partition coefficient (Wildman–Crippen LogP) is 3.06. The van der Waals surface area contributed by atoms with Gasteiger partial charge in [0.2, 0.25) is 5.91 Å². The van der Waals surface area contributed by atoms with Gasteiger partial charge in [-0.05, 0) is 30.5 Å². The molecule has 1 aromatic carbocycles. The Kier molecular flexibility index (Phi) is 2.79. The minimum atomic E-state index is 0.140. The molecule has 0 aliphatic carbocycles. The molecule has 0 unspecified atom stereocenters. The number of hydrogen-bond donors (Lipinski definition) is 0. The van der Waals surface area contributed by atoms with E-state index < -0.39 is 0 Å². The highest BCUT2D eigenvalue weighted by Crippen LogP contribution is 2.29. The van der Waals surface area contributed by atoms with Crippen LogP contribution in [0.5, 0.6) is 0 Å². The molecule has 2 rings (SSSR count). The van der Waals surface area contributed by atoms with E-state index in [0.717, 1.165) is 24.2 Å². The van der Waals surface area contributed by atoms with Gasteiger partial charge in [0.05, 0.1) is 0 Å². The molecule has 1 amide bonds. The number of anilines is 1. The molecule has 0 radical (unpaired) electrons. The van der Waals surface area contributed by atoms with Crippen molar-refractivity contribution in [2.75, 3.05) is 11.4 Å². The third-order valence-corrected chi connectivity index (χ3v) is 2.72. The SMILES string of the molecule is Cc1ccc(N=[N+]=[N-])cc1N1CCCC1=O. The summed E-state index contributed by atoms with van der Waals surface area (Å²) in [6.45, 7) is 2.69. The van der Waals surface area contributed by atoms with Gasteiger partial charge in [0.1, 0.15) is 0 Å². The molecule has 5 nitrogen and oxygen atoms in total. The number of carbonyl (C=O) groups excluding carboxylic acids is 1. The van der Waals surface area contributed by atoms with E-state index in [0.29, 0.717) is 12.1 Å². The maximum Gasteiger partial charge on any atom is 0.227 e. The Morgan fingerprint density at radius 2 is 2.31 bits per heavy atom. The summed E-state index contributed by atoms with van der Waals surface area (Å²) < 4.78 is 0. The number of azide groups is 1. The van der Waals surface area contributed by atoms with Crippen LogP contribution in [0.25, 0.3) is 10.4 Å². The van der Waals surface area contributed by atoms with Gasteiger partial charge in [-0.1, -0.05) is 17.2 Å². The van der Waals surface area contributed by atoms with E-state index in [4.69, 9.17) is 5.53 Å². The molecule has 0 saturated carbocycles. The summed E-state index contributed by atoms with van der Waals surface area (Å²) in [7, 11) is 0. The molecule has 82 valence electrons. The lowest BCUT2D eigenvalue weighted by Crippen LogP contribution is -2.24. The summed E-state index contributed by atoms with van der Waals surface area (Å²) in [5, 5.41) is 3.55. The predicted molar refractivity (Wildman–Crippen MR) is 61.6 cm³/mol. The second-order valence-corrected chi connectivity index (χ2v) is 3.81. The molecule has 1 fully saturated rings. The molecule has 1 aliphatic rings. The molecule has 16 heavy (non-hydrogen) atoms. The monoisotopic (exact) mass is 216 g/mol. The summed E-state index contributed by atoms with van der Waals surface area (Å²) in [6.07, 6.45) is 1.50.